The van der Waals surface area contributed by atoms with Crippen LogP contribution in [0, 0.1) is 10.1 Å². The zero-order valence-corrected chi connectivity index (χ0v) is 11.4. The molecule has 0 saturated heterocycles. The number of hydrogen-bond acceptors (Lipinski definition) is 7. The molecular weight excluding hydrogens is 276 g/mol. The highest BCUT2D eigenvalue weighted by Crippen LogP contribution is 2.21. The van der Waals surface area contributed by atoms with E-state index in [-0.39, 0.29) is 5.82 Å². The van der Waals surface area contributed by atoms with Crippen LogP contribution in [0.25, 0.3) is 17.3 Å². The molecule has 10 heteroatoms. The van der Waals surface area contributed by atoms with Crippen LogP contribution in [0.1, 0.15) is 6.92 Å². The minimum atomic E-state index is -0.503. The Morgan fingerprint density at radius 3 is 2.81 bits per heavy atom. The second-order valence-electron chi connectivity index (χ2n) is 4.30. The van der Waals surface area contributed by atoms with Crippen molar-refractivity contribution in [2.45, 2.75) is 6.92 Å². The van der Waals surface area contributed by atoms with E-state index in [1.807, 2.05) is 6.92 Å². The Kier molecular flexibility index (Phi) is 2.97. The van der Waals surface area contributed by atoms with Gasteiger partial charge in [-0.3, -0.25) is 0 Å². The fourth-order valence-electron chi connectivity index (χ4n) is 1.98. The van der Waals surface area contributed by atoms with Crippen molar-refractivity contribution in [2.24, 2.45) is 7.05 Å². The summed E-state index contributed by atoms with van der Waals surface area (Å²) in [4.78, 5) is 14.4. The van der Waals surface area contributed by atoms with Crippen LogP contribution in [-0.4, -0.2) is 40.8 Å². The molecule has 3 rings (SSSR count). The molecule has 3 aromatic rings. The van der Waals surface area contributed by atoms with Crippen molar-refractivity contribution < 1.29 is 4.92 Å². The van der Waals surface area contributed by atoms with Gasteiger partial charge in [0.1, 0.15) is 12.0 Å². The van der Waals surface area contributed by atoms with Crippen LogP contribution in [0.5, 0.6) is 0 Å². The van der Waals surface area contributed by atoms with Gasteiger partial charge in [-0.05, 0) is 24.0 Å². The molecule has 108 valence electrons. The maximum atomic E-state index is 10.9. The zero-order valence-electron chi connectivity index (χ0n) is 11.4. The summed E-state index contributed by atoms with van der Waals surface area (Å²) in [5, 5.41) is 26.3. The molecule has 0 radical (unpaired) electrons. The molecule has 0 aliphatic rings. The van der Waals surface area contributed by atoms with Crippen LogP contribution < -0.4 is 5.32 Å². The summed E-state index contributed by atoms with van der Waals surface area (Å²) in [5.41, 5.74) is 0.539. The molecule has 0 amide bonds. The average molecular weight is 288 g/mol. The van der Waals surface area contributed by atoms with Gasteiger partial charge in [0.05, 0.1) is 7.05 Å². The van der Waals surface area contributed by atoms with Crippen molar-refractivity contribution in [2.75, 3.05) is 11.9 Å². The first kappa shape index (κ1) is 13.0. The summed E-state index contributed by atoms with van der Waals surface area (Å²) in [6, 6.07) is 3.55. The van der Waals surface area contributed by atoms with E-state index in [0.717, 1.165) is 6.54 Å². The van der Waals surface area contributed by atoms with Gasteiger partial charge < -0.3 is 15.4 Å². The van der Waals surface area contributed by atoms with E-state index >= 15 is 0 Å². The summed E-state index contributed by atoms with van der Waals surface area (Å²) in [6.07, 6.45) is 1.19. The van der Waals surface area contributed by atoms with Gasteiger partial charge in [-0.25, -0.2) is 9.55 Å². The lowest BCUT2D eigenvalue weighted by Gasteiger charge is -2.02. The normalized spacial score (nSPS) is 11.0. The van der Waals surface area contributed by atoms with Crippen molar-refractivity contribution in [3.8, 4) is 11.6 Å². The number of aromatic nitrogens is 6. The van der Waals surface area contributed by atoms with Crippen molar-refractivity contribution >= 4 is 17.3 Å². The molecule has 0 aromatic carbocycles. The van der Waals surface area contributed by atoms with Gasteiger partial charge in [0.15, 0.2) is 5.65 Å². The van der Waals surface area contributed by atoms with E-state index in [9.17, 15) is 10.1 Å². The van der Waals surface area contributed by atoms with E-state index in [0.29, 0.717) is 23.1 Å². The second-order valence-corrected chi connectivity index (χ2v) is 4.30. The molecule has 0 saturated carbocycles. The first-order valence-electron chi connectivity index (χ1n) is 6.24. The molecule has 0 atom stereocenters. The lowest BCUT2D eigenvalue weighted by Crippen LogP contribution is -2.05. The molecule has 0 spiro atoms. The quantitative estimate of drug-likeness (QED) is 0.559. The van der Waals surface area contributed by atoms with Crippen LogP contribution in [-0.2, 0) is 7.05 Å². The molecule has 0 unspecified atom stereocenters. The Bertz CT molecular complexity index is 821. The average Bonchev–Trinajstić information content (AvgIpc) is 3.02. The van der Waals surface area contributed by atoms with Crippen LogP contribution in [0.4, 0.5) is 11.6 Å². The number of rotatable bonds is 4. The van der Waals surface area contributed by atoms with E-state index in [4.69, 9.17) is 0 Å². The largest absolute Gasteiger partial charge is 0.369 e. The first-order valence-corrected chi connectivity index (χ1v) is 6.24. The summed E-state index contributed by atoms with van der Waals surface area (Å²) < 4.78 is 2.85. The minimum Gasteiger partial charge on any atom is -0.369 e. The summed E-state index contributed by atoms with van der Waals surface area (Å²) in [5.74, 6) is 1.22. The molecule has 3 heterocycles. The first-order chi connectivity index (χ1) is 10.1. The van der Waals surface area contributed by atoms with E-state index in [1.165, 1.54) is 15.3 Å². The van der Waals surface area contributed by atoms with Crippen molar-refractivity contribution in [1.29, 1.82) is 0 Å². The molecule has 1 N–H and O–H groups in total. The van der Waals surface area contributed by atoms with Crippen molar-refractivity contribution in [3.05, 3.63) is 28.4 Å². The summed E-state index contributed by atoms with van der Waals surface area (Å²) in [6.45, 7) is 2.69. The number of imidazole rings is 1. The summed E-state index contributed by atoms with van der Waals surface area (Å²) in [7, 11) is 1.55. The standard InChI is InChI=1S/C11H12N8O2/c1-3-12-7-4-5-8-14-15-11(18(8)16-7)10-13-6-9(17(10)2)19(20)21/h4-6H,3H2,1-2H3,(H,12,16). The monoisotopic (exact) mass is 288 g/mol. The minimum absolute atomic E-state index is 0.121. The van der Waals surface area contributed by atoms with E-state index in [2.05, 4.69) is 25.6 Å². The van der Waals surface area contributed by atoms with Crippen molar-refractivity contribution in [1.82, 2.24) is 29.4 Å². The fourth-order valence-corrected chi connectivity index (χ4v) is 1.98. The van der Waals surface area contributed by atoms with Crippen LogP contribution in [0.3, 0.4) is 0 Å². The SMILES string of the molecule is CCNc1ccc2nnc(-c3ncc([N+](=O)[O-])n3C)n2n1. The van der Waals surface area contributed by atoms with Crippen LogP contribution in [0.2, 0.25) is 0 Å². The summed E-state index contributed by atoms with van der Waals surface area (Å²) >= 11 is 0. The third kappa shape index (κ3) is 2.06. The topological polar surface area (TPSA) is 116 Å². The maximum absolute atomic E-state index is 10.9. The lowest BCUT2D eigenvalue weighted by atomic mass is 10.5. The molecular formula is C11H12N8O2. The molecule has 3 aromatic heterocycles. The second kappa shape index (κ2) is 4.81. The number of nitrogens with one attached hydrogen (secondary N) is 1. The van der Waals surface area contributed by atoms with Gasteiger partial charge in [-0.2, -0.15) is 4.52 Å². The fraction of sp³-hybridized carbons (Fsp3) is 0.273. The molecule has 0 aliphatic heterocycles. The van der Waals surface area contributed by atoms with Crippen molar-refractivity contribution in [3.63, 3.8) is 0 Å². The van der Waals surface area contributed by atoms with Gasteiger partial charge in [-0.1, -0.05) is 0 Å². The van der Waals surface area contributed by atoms with Gasteiger partial charge in [-0.15, -0.1) is 15.3 Å². The number of nitrogens with zero attached hydrogens (tertiary/aromatic N) is 7. The maximum Gasteiger partial charge on any atom is 0.343 e. The van der Waals surface area contributed by atoms with Crippen LogP contribution >= 0.6 is 0 Å². The Balaban J connectivity index is 2.16. The zero-order chi connectivity index (χ0) is 15.0. The highest BCUT2D eigenvalue weighted by Gasteiger charge is 2.23. The molecule has 0 fully saturated rings. The number of nitro groups is 1. The van der Waals surface area contributed by atoms with Gasteiger partial charge in [0.25, 0.3) is 5.82 Å². The van der Waals surface area contributed by atoms with Gasteiger partial charge >= 0.3 is 5.82 Å². The predicted octanol–water partition coefficient (Wildman–Crippen LogP) is 0.865. The van der Waals surface area contributed by atoms with Crippen LogP contribution in [0.15, 0.2) is 18.3 Å². The van der Waals surface area contributed by atoms with E-state index < -0.39 is 4.92 Å². The molecule has 10 nitrogen and oxygen atoms in total. The number of anilines is 1. The number of fused-ring (bicyclic) bond motifs is 1. The van der Waals surface area contributed by atoms with Gasteiger partial charge in [0.2, 0.25) is 5.82 Å². The van der Waals surface area contributed by atoms with E-state index in [1.54, 1.807) is 19.2 Å². The molecule has 0 bridgehead atoms. The highest BCUT2D eigenvalue weighted by atomic mass is 16.6. The Hall–Kier alpha value is -3.04. The third-order valence-corrected chi connectivity index (χ3v) is 2.97. The predicted molar refractivity (Wildman–Crippen MR) is 73.8 cm³/mol. The molecule has 21 heavy (non-hydrogen) atoms. The molecule has 0 aliphatic carbocycles. The lowest BCUT2D eigenvalue weighted by molar-refractivity contribution is -0.391. The van der Waals surface area contributed by atoms with Gasteiger partial charge in [0, 0.05) is 6.54 Å². The Labute approximate surface area is 118 Å². The highest BCUT2D eigenvalue weighted by molar-refractivity contribution is 5.54. The Morgan fingerprint density at radius 2 is 2.14 bits per heavy atom. The number of hydrogen-bond donors (Lipinski definition) is 1. The Morgan fingerprint density at radius 1 is 1.33 bits per heavy atom. The smallest absolute Gasteiger partial charge is 0.343 e. The third-order valence-electron chi connectivity index (χ3n) is 2.97.